The molecule has 0 spiro atoms. The van der Waals surface area contributed by atoms with E-state index in [1.807, 2.05) is 93.6 Å². The highest BCUT2D eigenvalue weighted by Gasteiger charge is 2.52. The summed E-state index contributed by atoms with van der Waals surface area (Å²) in [7, 11) is 1.26. The minimum atomic E-state index is -0.929. The fraction of sp³-hybridized carbons (Fsp3) is 0.513. The van der Waals surface area contributed by atoms with Crippen LogP contribution in [0.2, 0.25) is 0 Å². The third-order valence-corrected chi connectivity index (χ3v) is 10.1. The summed E-state index contributed by atoms with van der Waals surface area (Å²) in [5, 5.41) is 19.7. The molecule has 12 nitrogen and oxygen atoms in total. The lowest BCUT2D eigenvalue weighted by atomic mass is 9.78. The standard InChI is InChI=1S/C39H51N5O7/c1-39(2,3)35(42-38(47)48-4)36(46)43-44(21-26-13-15-27(16-14-26)30-12-8-9-17-40-30)22-32(45)31(18-25-10-6-5-7-11-25)41-24-50-34-29-19-28-20-33(34)51-37(28)49-23-29/h5-17,28-29,31-35,37,41,45H,18-24H2,1-4H3,(H,42,47)(H,43,46). The number of ether oxygens (including phenoxy) is 4. The highest BCUT2D eigenvalue weighted by Crippen LogP contribution is 2.46. The molecule has 3 heterocycles. The molecule has 4 N–H and O–H groups in total. The van der Waals surface area contributed by atoms with Gasteiger partial charge in [0.1, 0.15) is 6.04 Å². The third-order valence-electron chi connectivity index (χ3n) is 10.1. The maximum absolute atomic E-state index is 13.8. The Kier molecular flexibility index (Phi) is 12.0. The number of alkyl carbamates (subject to hydrolysis) is 1. The van der Waals surface area contributed by atoms with E-state index in [0.29, 0.717) is 25.5 Å². The van der Waals surface area contributed by atoms with Gasteiger partial charge in [-0.1, -0.05) is 81.4 Å². The molecule has 6 rings (SSSR count). The second kappa shape index (κ2) is 16.6. The van der Waals surface area contributed by atoms with Crippen molar-refractivity contribution in [1.29, 1.82) is 0 Å². The van der Waals surface area contributed by atoms with Crippen LogP contribution in [0.1, 0.15) is 44.7 Å². The number of hydrogen-bond donors (Lipinski definition) is 4. The molecule has 1 aromatic heterocycles. The molecular weight excluding hydrogens is 650 g/mol. The lowest BCUT2D eigenvalue weighted by molar-refractivity contribution is -0.153. The number of hydrogen-bond acceptors (Lipinski definition) is 10. The Labute approximate surface area is 300 Å². The number of fused-ring (bicyclic) bond motifs is 2. The van der Waals surface area contributed by atoms with Crippen LogP contribution in [0.15, 0.2) is 79.0 Å². The first-order valence-corrected chi connectivity index (χ1v) is 17.8. The molecule has 3 aromatic rings. The first kappa shape index (κ1) is 36.9. The van der Waals surface area contributed by atoms with E-state index in [-0.39, 0.29) is 37.7 Å². The van der Waals surface area contributed by atoms with E-state index in [0.717, 1.165) is 35.2 Å². The number of amides is 2. The van der Waals surface area contributed by atoms with Crippen molar-refractivity contribution in [2.75, 3.05) is 27.0 Å². The number of aromatic nitrogens is 1. The lowest BCUT2D eigenvalue weighted by Gasteiger charge is -2.37. The Balaban J connectivity index is 1.18. The molecule has 51 heavy (non-hydrogen) atoms. The Morgan fingerprint density at radius 1 is 1.00 bits per heavy atom. The number of carbonyl (C=O) groups excluding carboxylic acids is 2. The van der Waals surface area contributed by atoms with E-state index in [1.54, 1.807) is 11.2 Å². The van der Waals surface area contributed by atoms with Crippen molar-refractivity contribution in [2.45, 2.75) is 83.3 Å². The first-order chi connectivity index (χ1) is 24.6. The van der Waals surface area contributed by atoms with Gasteiger partial charge in [-0.25, -0.2) is 9.80 Å². The van der Waals surface area contributed by atoms with Crippen molar-refractivity contribution in [3.8, 4) is 11.3 Å². The number of methoxy groups -OCH3 is 1. The molecule has 12 heteroatoms. The summed E-state index contributed by atoms with van der Waals surface area (Å²) in [6.45, 7) is 6.83. The smallest absolute Gasteiger partial charge is 0.407 e. The number of carbonyl (C=O) groups is 2. The average Bonchev–Trinajstić information content (AvgIpc) is 3.41. The molecule has 3 fully saturated rings. The SMILES string of the molecule is COC(=O)NC(C(=O)NN(Cc1ccc(-c2ccccn2)cc1)CC(O)C(Cc1ccccc1)NCOC1C2COC3OC1CC3C2)C(C)(C)C. The molecule has 274 valence electrons. The third kappa shape index (κ3) is 9.50. The Hall–Kier alpha value is -3.91. The summed E-state index contributed by atoms with van der Waals surface area (Å²) in [6, 6.07) is 22.4. The highest BCUT2D eigenvalue weighted by atomic mass is 16.7. The number of aliphatic hydroxyl groups is 1. The molecule has 1 aliphatic carbocycles. The number of nitrogens with one attached hydrogen (secondary N) is 3. The van der Waals surface area contributed by atoms with Crippen molar-refractivity contribution in [3.05, 3.63) is 90.1 Å². The van der Waals surface area contributed by atoms with E-state index in [1.165, 1.54) is 7.11 Å². The van der Waals surface area contributed by atoms with Gasteiger partial charge in [-0.3, -0.25) is 20.5 Å². The topological polar surface area (TPSA) is 144 Å². The summed E-state index contributed by atoms with van der Waals surface area (Å²) >= 11 is 0. The predicted molar refractivity (Wildman–Crippen MR) is 191 cm³/mol. The van der Waals surface area contributed by atoms with Crippen LogP contribution in [0.5, 0.6) is 0 Å². The van der Waals surface area contributed by atoms with Gasteiger partial charge in [0.25, 0.3) is 5.91 Å². The summed E-state index contributed by atoms with van der Waals surface area (Å²) in [4.78, 5) is 30.5. The van der Waals surface area contributed by atoms with Gasteiger partial charge < -0.3 is 29.4 Å². The van der Waals surface area contributed by atoms with E-state index in [4.69, 9.17) is 18.9 Å². The van der Waals surface area contributed by atoms with Gasteiger partial charge >= 0.3 is 6.09 Å². The molecule has 2 aliphatic heterocycles. The summed E-state index contributed by atoms with van der Waals surface area (Å²) in [5.74, 6) is 0.309. The second-order valence-electron chi connectivity index (χ2n) is 14.9. The van der Waals surface area contributed by atoms with E-state index in [2.05, 4.69) is 21.0 Å². The first-order valence-electron chi connectivity index (χ1n) is 17.8. The Bertz CT molecular complexity index is 1560. The minimum Gasteiger partial charge on any atom is -0.453 e. The van der Waals surface area contributed by atoms with Gasteiger partial charge in [0.15, 0.2) is 6.29 Å². The van der Waals surface area contributed by atoms with Gasteiger partial charge in [-0.2, -0.15) is 0 Å². The Morgan fingerprint density at radius 3 is 2.47 bits per heavy atom. The number of pyridine rings is 1. The fourth-order valence-corrected chi connectivity index (χ4v) is 7.37. The van der Waals surface area contributed by atoms with Crippen molar-refractivity contribution < 1.29 is 33.6 Å². The number of hydrazine groups is 1. The van der Waals surface area contributed by atoms with Crippen molar-refractivity contribution in [1.82, 2.24) is 26.1 Å². The quantitative estimate of drug-likeness (QED) is 0.136. The number of benzene rings is 2. The highest BCUT2D eigenvalue weighted by molar-refractivity contribution is 5.86. The molecule has 2 aromatic carbocycles. The number of nitrogens with zero attached hydrogens (tertiary/aromatic N) is 2. The maximum atomic E-state index is 13.8. The van der Waals surface area contributed by atoms with Gasteiger partial charge in [-0.15, -0.1) is 0 Å². The van der Waals surface area contributed by atoms with E-state index >= 15 is 0 Å². The zero-order valence-electron chi connectivity index (χ0n) is 29.9. The van der Waals surface area contributed by atoms with Crippen LogP contribution in [0.4, 0.5) is 4.79 Å². The normalized spacial score (nSPS) is 24.2. The second-order valence-corrected chi connectivity index (χ2v) is 14.9. The van der Waals surface area contributed by atoms with Crippen LogP contribution in [0.25, 0.3) is 11.3 Å². The maximum Gasteiger partial charge on any atom is 0.407 e. The monoisotopic (exact) mass is 701 g/mol. The molecule has 3 bridgehead atoms. The van der Waals surface area contributed by atoms with Gasteiger partial charge in [0, 0.05) is 42.7 Å². The molecule has 2 saturated heterocycles. The fourth-order valence-electron chi connectivity index (χ4n) is 7.37. The van der Waals surface area contributed by atoms with Gasteiger partial charge in [0.2, 0.25) is 0 Å². The van der Waals surface area contributed by atoms with Gasteiger partial charge in [-0.05, 0) is 47.9 Å². The summed E-state index contributed by atoms with van der Waals surface area (Å²) in [5.41, 5.74) is 6.16. The van der Waals surface area contributed by atoms with E-state index in [9.17, 15) is 14.7 Å². The van der Waals surface area contributed by atoms with Crippen molar-refractivity contribution >= 4 is 12.0 Å². The van der Waals surface area contributed by atoms with Gasteiger partial charge in [0.05, 0.1) is 44.5 Å². The summed E-state index contributed by atoms with van der Waals surface area (Å²) < 4.78 is 23.3. The van der Waals surface area contributed by atoms with Crippen LogP contribution in [0.3, 0.4) is 0 Å². The van der Waals surface area contributed by atoms with Crippen LogP contribution < -0.4 is 16.1 Å². The van der Waals surface area contributed by atoms with Crippen LogP contribution >= 0.6 is 0 Å². The molecule has 3 aliphatic rings. The van der Waals surface area contributed by atoms with Crippen LogP contribution in [-0.4, -0.2) is 90.8 Å². The Morgan fingerprint density at radius 2 is 1.76 bits per heavy atom. The zero-order valence-corrected chi connectivity index (χ0v) is 29.9. The lowest BCUT2D eigenvalue weighted by Crippen LogP contribution is -2.59. The average molecular weight is 702 g/mol. The predicted octanol–water partition coefficient (Wildman–Crippen LogP) is 4.04. The van der Waals surface area contributed by atoms with Crippen LogP contribution in [0, 0.1) is 17.3 Å². The number of rotatable bonds is 15. The molecule has 0 radical (unpaired) electrons. The number of aliphatic hydroxyl groups excluding tert-OH is 1. The molecule has 8 atom stereocenters. The zero-order chi connectivity index (χ0) is 36.0. The molecule has 8 unspecified atom stereocenters. The van der Waals surface area contributed by atoms with Crippen molar-refractivity contribution in [3.63, 3.8) is 0 Å². The van der Waals surface area contributed by atoms with Crippen molar-refractivity contribution in [2.24, 2.45) is 17.3 Å². The molecule has 1 saturated carbocycles. The van der Waals surface area contributed by atoms with E-state index < -0.39 is 35.6 Å². The summed E-state index contributed by atoms with van der Waals surface area (Å²) in [6.07, 6.45) is 2.47. The minimum absolute atomic E-state index is 0.0182. The molecule has 2 amide bonds. The largest absolute Gasteiger partial charge is 0.453 e. The van der Waals surface area contributed by atoms with Crippen LogP contribution in [-0.2, 0) is 36.7 Å². The molecular formula is C39H51N5O7.